The summed E-state index contributed by atoms with van der Waals surface area (Å²) in [4.78, 5) is 22.4. The summed E-state index contributed by atoms with van der Waals surface area (Å²) in [7, 11) is 0. The lowest BCUT2D eigenvalue weighted by Crippen LogP contribution is -2.17. The van der Waals surface area contributed by atoms with Crippen molar-refractivity contribution >= 4 is 11.8 Å². The first-order valence-corrected chi connectivity index (χ1v) is 5.06. The number of Topliss-reactive ketones (excluding diaryl/α,β-unsaturated/α-hetero) is 1. The van der Waals surface area contributed by atoms with E-state index in [0.717, 1.165) is 6.07 Å². The Hall–Kier alpha value is -1.71. The lowest BCUT2D eigenvalue weighted by molar-refractivity contribution is -0.141. The van der Waals surface area contributed by atoms with Gasteiger partial charge in [-0.05, 0) is 18.6 Å². The molecule has 0 heterocycles. The van der Waals surface area contributed by atoms with Crippen LogP contribution in [0.25, 0.3) is 0 Å². The van der Waals surface area contributed by atoms with E-state index < -0.39 is 17.7 Å². The van der Waals surface area contributed by atoms with Gasteiger partial charge in [0, 0.05) is 12.0 Å². The summed E-state index contributed by atoms with van der Waals surface area (Å²) in [6, 6.07) is 5.28. The zero-order chi connectivity index (χ0) is 12.1. The van der Waals surface area contributed by atoms with E-state index in [4.69, 9.17) is 5.11 Å². The Kier molecular flexibility index (Phi) is 4.17. The number of benzene rings is 1. The van der Waals surface area contributed by atoms with E-state index in [9.17, 15) is 14.0 Å². The SMILES string of the molecule is CCC(CC(=O)c1cccc(F)c1)C(=O)O. The molecule has 1 aromatic carbocycles. The topological polar surface area (TPSA) is 54.4 Å². The number of aliphatic carboxylic acids is 1. The average Bonchev–Trinajstić information content (AvgIpc) is 2.25. The number of carboxylic acids is 1. The number of carbonyl (C=O) groups excluding carboxylic acids is 1. The lowest BCUT2D eigenvalue weighted by atomic mass is 9.96. The molecule has 0 fully saturated rings. The Morgan fingerprint density at radius 1 is 1.44 bits per heavy atom. The zero-order valence-electron chi connectivity index (χ0n) is 8.94. The van der Waals surface area contributed by atoms with Gasteiger partial charge >= 0.3 is 5.97 Å². The van der Waals surface area contributed by atoms with E-state index >= 15 is 0 Å². The molecule has 1 unspecified atom stereocenters. The monoisotopic (exact) mass is 224 g/mol. The largest absolute Gasteiger partial charge is 0.481 e. The summed E-state index contributed by atoms with van der Waals surface area (Å²) >= 11 is 0. The van der Waals surface area contributed by atoms with Crippen LogP contribution in [-0.4, -0.2) is 16.9 Å². The average molecular weight is 224 g/mol. The van der Waals surface area contributed by atoms with Crippen LogP contribution in [-0.2, 0) is 4.79 Å². The van der Waals surface area contributed by atoms with Crippen LogP contribution in [0.4, 0.5) is 4.39 Å². The molecule has 0 aliphatic rings. The second-order valence-electron chi connectivity index (χ2n) is 3.58. The van der Waals surface area contributed by atoms with E-state index in [1.807, 2.05) is 0 Å². The molecule has 0 aliphatic heterocycles. The molecule has 0 spiro atoms. The molecule has 0 amide bonds. The molecule has 1 N–H and O–H groups in total. The number of rotatable bonds is 5. The standard InChI is InChI=1S/C12H13FO3/c1-2-8(12(15)16)7-11(14)9-4-3-5-10(13)6-9/h3-6,8H,2,7H2,1H3,(H,15,16). The van der Waals surface area contributed by atoms with E-state index in [2.05, 4.69) is 0 Å². The summed E-state index contributed by atoms with van der Waals surface area (Å²) < 4.78 is 12.8. The zero-order valence-corrected chi connectivity index (χ0v) is 8.94. The van der Waals surface area contributed by atoms with Crippen molar-refractivity contribution in [3.05, 3.63) is 35.6 Å². The first kappa shape index (κ1) is 12.4. The van der Waals surface area contributed by atoms with Crippen LogP contribution in [0.1, 0.15) is 30.1 Å². The minimum atomic E-state index is -0.993. The molecule has 1 atom stereocenters. The Balaban J connectivity index is 2.75. The third-order valence-electron chi connectivity index (χ3n) is 2.42. The van der Waals surface area contributed by atoms with Crippen molar-refractivity contribution in [2.45, 2.75) is 19.8 Å². The smallest absolute Gasteiger partial charge is 0.306 e. The molecule has 0 radical (unpaired) electrons. The van der Waals surface area contributed by atoms with Crippen molar-refractivity contribution in [3.63, 3.8) is 0 Å². The maximum absolute atomic E-state index is 12.8. The van der Waals surface area contributed by atoms with Crippen molar-refractivity contribution in [1.82, 2.24) is 0 Å². The highest BCUT2D eigenvalue weighted by atomic mass is 19.1. The van der Waals surface area contributed by atoms with Crippen LogP contribution in [0.3, 0.4) is 0 Å². The molecule has 1 rings (SSSR count). The van der Waals surface area contributed by atoms with Gasteiger partial charge in [0.2, 0.25) is 0 Å². The molecule has 0 saturated heterocycles. The van der Waals surface area contributed by atoms with Crippen molar-refractivity contribution in [1.29, 1.82) is 0 Å². The minimum absolute atomic E-state index is 0.0880. The molecular weight excluding hydrogens is 211 g/mol. The van der Waals surface area contributed by atoms with Crippen molar-refractivity contribution in [2.75, 3.05) is 0 Å². The fraction of sp³-hybridized carbons (Fsp3) is 0.333. The van der Waals surface area contributed by atoms with E-state index in [-0.39, 0.29) is 17.8 Å². The highest BCUT2D eigenvalue weighted by Crippen LogP contribution is 2.14. The van der Waals surface area contributed by atoms with Gasteiger partial charge in [-0.1, -0.05) is 19.1 Å². The van der Waals surface area contributed by atoms with Gasteiger partial charge in [0.15, 0.2) is 5.78 Å². The van der Waals surface area contributed by atoms with Gasteiger partial charge in [-0.25, -0.2) is 4.39 Å². The summed E-state index contributed by atoms with van der Waals surface area (Å²) in [5.41, 5.74) is 0.222. The van der Waals surface area contributed by atoms with E-state index in [0.29, 0.717) is 6.42 Å². The fourth-order valence-corrected chi connectivity index (χ4v) is 1.41. The number of hydrogen-bond donors (Lipinski definition) is 1. The maximum Gasteiger partial charge on any atom is 0.306 e. The third-order valence-corrected chi connectivity index (χ3v) is 2.42. The Labute approximate surface area is 92.9 Å². The molecule has 0 aliphatic carbocycles. The van der Waals surface area contributed by atoms with Crippen molar-refractivity contribution in [3.8, 4) is 0 Å². The van der Waals surface area contributed by atoms with Crippen molar-refractivity contribution < 1.29 is 19.1 Å². The van der Waals surface area contributed by atoms with Crippen LogP contribution in [0.5, 0.6) is 0 Å². The number of hydrogen-bond acceptors (Lipinski definition) is 2. The van der Waals surface area contributed by atoms with Crippen LogP contribution >= 0.6 is 0 Å². The predicted molar refractivity (Wildman–Crippen MR) is 56.8 cm³/mol. The summed E-state index contributed by atoms with van der Waals surface area (Å²) in [5.74, 6) is -2.52. The summed E-state index contributed by atoms with van der Waals surface area (Å²) in [6.45, 7) is 1.71. The van der Waals surface area contributed by atoms with Gasteiger partial charge in [-0.3, -0.25) is 9.59 Å². The van der Waals surface area contributed by atoms with Crippen LogP contribution in [0.15, 0.2) is 24.3 Å². The number of halogens is 1. The second-order valence-corrected chi connectivity index (χ2v) is 3.58. The highest BCUT2D eigenvalue weighted by molar-refractivity contribution is 5.97. The molecule has 0 aromatic heterocycles. The Morgan fingerprint density at radius 2 is 2.12 bits per heavy atom. The molecular formula is C12H13FO3. The van der Waals surface area contributed by atoms with Gasteiger partial charge < -0.3 is 5.11 Å². The molecule has 4 heteroatoms. The van der Waals surface area contributed by atoms with E-state index in [1.165, 1.54) is 18.2 Å². The summed E-state index contributed by atoms with van der Waals surface area (Å²) in [6.07, 6.45) is 0.297. The third kappa shape index (κ3) is 3.15. The van der Waals surface area contributed by atoms with E-state index in [1.54, 1.807) is 6.92 Å². The lowest BCUT2D eigenvalue weighted by Gasteiger charge is -2.08. The molecule has 0 bridgehead atoms. The van der Waals surface area contributed by atoms with Crippen LogP contribution in [0, 0.1) is 11.7 Å². The highest BCUT2D eigenvalue weighted by Gasteiger charge is 2.20. The van der Waals surface area contributed by atoms with Gasteiger partial charge in [0.05, 0.1) is 5.92 Å². The van der Waals surface area contributed by atoms with Gasteiger partial charge in [-0.2, -0.15) is 0 Å². The first-order chi connectivity index (χ1) is 7.54. The number of ketones is 1. The van der Waals surface area contributed by atoms with Gasteiger partial charge in [0.1, 0.15) is 5.82 Å². The van der Waals surface area contributed by atoms with Crippen LogP contribution < -0.4 is 0 Å². The Morgan fingerprint density at radius 3 is 2.62 bits per heavy atom. The van der Waals surface area contributed by atoms with Gasteiger partial charge in [-0.15, -0.1) is 0 Å². The Bertz CT molecular complexity index is 401. The van der Waals surface area contributed by atoms with Crippen LogP contribution in [0.2, 0.25) is 0 Å². The minimum Gasteiger partial charge on any atom is -0.481 e. The number of carboxylic acid groups (broad SMARTS) is 1. The van der Waals surface area contributed by atoms with Gasteiger partial charge in [0.25, 0.3) is 0 Å². The molecule has 86 valence electrons. The maximum atomic E-state index is 12.8. The number of carbonyl (C=O) groups is 2. The molecule has 1 aromatic rings. The quantitative estimate of drug-likeness (QED) is 0.782. The molecule has 0 saturated carbocycles. The summed E-state index contributed by atoms with van der Waals surface area (Å²) in [5, 5.41) is 8.80. The second kappa shape index (κ2) is 5.39. The van der Waals surface area contributed by atoms with Crippen molar-refractivity contribution in [2.24, 2.45) is 5.92 Å². The fourth-order valence-electron chi connectivity index (χ4n) is 1.41. The molecule has 16 heavy (non-hydrogen) atoms. The molecule has 3 nitrogen and oxygen atoms in total. The normalized spacial score (nSPS) is 12.1. The predicted octanol–water partition coefficient (Wildman–Crippen LogP) is 2.51. The first-order valence-electron chi connectivity index (χ1n) is 5.06.